The summed E-state index contributed by atoms with van der Waals surface area (Å²) in [6.45, 7) is -38.9. The number of likely N-dealkylation sites (N-methyl/N-ethyl adjacent to an activating group) is 6. The molecule has 0 unspecified atom stereocenters. The van der Waals surface area contributed by atoms with Crippen LogP contribution in [0.3, 0.4) is 0 Å². The molecule has 6 amide bonds. The van der Waals surface area contributed by atoms with Crippen LogP contribution in [-0.2, 0) is 28.8 Å². The van der Waals surface area contributed by atoms with Gasteiger partial charge in [-0.3, -0.25) is 28.8 Å². The van der Waals surface area contributed by atoms with Crippen LogP contribution in [0.15, 0.2) is 80.4 Å². The SMILES string of the molecule is [2H]c1c(C)[nH]c2ncnc(N(C([2H])([2H])[2H])[C@@]3([2H])C([2H])([2H])N(C(=O)C([2H])([2H])[N+]#[C-])C([2H])([2H])C([2H])([2H])[C@@]3([2H])C([2H])([2H])[2H])c12.[2H]c1c(C)[nH]c2ncnc(N(C([2H])([2H])[2H])[C@@]3([2H])C([2H])([2H])N(C(=O)C([2H])([2H])[N+]#[C-])C([2H])([2H])C([2H])([2H])[C@@]3([2H])C)c12.[2H]c1c(C)[nH]c2ncnc(N(C([2H])([2H])[2H])[C@]3([2H])[C@H](C([2H])([2H])[2H])C([2H])([2H])C([2H])([2H])N(C(=O)C([2H])([2H])[N+]#[C-])C3([2H])[2H])c12.[2H]c1c(C)[nH]c2ncnc(N(C([2H])([2H])[2H])[C@]3([2H])[C@H](C)C([2H])([2H])C([2H])([2H])N(C(=O)C([2H])([2H])[N+]#[C-])C3([2H])[2H])c12.[2H]c1c(C)[nH]c2ncnc(N([C@H]3C([2H])([2H])N(C(=O)C([2H])([2H])[N+]#[C-])C([2H])([2H])C([2H])([2H])[C@@]3([2H])C([2H])([2H])[2H])C([2H])([2H])[2H])c12.[2H]c1nc(N(C)[C@H]2CN(C(=O)C([2H])([2H])[N+]#[C-])CC[C@H]2C)c2cc[nH]c2n1. The first-order chi connectivity index (χ1) is 99.2. The van der Waals surface area contributed by atoms with Crippen LogP contribution in [0, 0.1) is 109 Å². The second kappa shape index (κ2) is 47.5. The van der Waals surface area contributed by atoms with Crippen molar-refractivity contribution in [1.82, 2.24) is 119 Å². The predicted molar refractivity (Wildman–Crippen MR) is 551 cm³/mol. The van der Waals surface area contributed by atoms with Crippen molar-refractivity contribution in [2.45, 2.75) is 150 Å². The van der Waals surface area contributed by atoms with Gasteiger partial charge in [-0.15, -0.1) is 0 Å². The van der Waals surface area contributed by atoms with Crippen molar-refractivity contribution in [3.8, 4) is 0 Å². The van der Waals surface area contributed by atoms with Crippen LogP contribution in [0.4, 0.5) is 34.9 Å². The first-order valence-corrected chi connectivity index (χ1v) is 40.6. The maximum Gasteiger partial charge on any atom is 0.302 e. The highest BCUT2D eigenvalue weighted by Crippen LogP contribution is 2.38. The Hall–Kier alpha value is -15.7. The minimum atomic E-state index is -4.44. The third-order valence-electron chi connectivity index (χ3n) is 20.1. The average molecular weight is 2020 g/mol. The van der Waals surface area contributed by atoms with Gasteiger partial charge in [0.1, 0.15) is 125 Å². The number of amides is 6. The Morgan fingerprint density at radius 2 is 0.699 bits per heavy atom. The summed E-state index contributed by atoms with van der Waals surface area (Å²) in [4.78, 5) is 155. The van der Waals surface area contributed by atoms with Gasteiger partial charge in [0.2, 0.25) is 0 Å². The molecule has 42 nitrogen and oxygen atoms in total. The number of fused-ring (bicyclic) bond motifs is 6. The lowest BCUT2D eigenvalue weighted by atomic mass is 9.92. The zero-order chi connectivity index (χ0) is 172. The number of aryl methyl sites for hydroxylation is 5. The van der Waals surface area contributed by atoms with Gasteiger partial charge in [0.15, 0.2) is 0 Å². The van der Waals surface area contributed by atoms with Gasteiger partial charge in [-0.05, 0) is 145 Å². The Kier molecular flexibility index (Phi) is 14.1. The summed E-state index contributed by atoms with van der Waals surface area (Å²) in [5, 5.41) is -1.18. The van der Waals surface area contributed by atoms with E-state index < -0.39 is 379 Å². The zero-order valence-corrected chi connectivity index (χ0v) is 75.4. The summed E-state index contributed by atoms with van der Waals surface area (Å²) in [5.41, 5.74) is 0.457. The van der Waals surface area contributed by atoms with E-state index in [2.05, 4.69) is 126 Å². The van der Waals surface area contributed by atoms with E-state index in [-0.39, 0.29) is 117 Å². The van der Waals surface area contributed by atoms with Crippen LogP contribution in [0.25, 0.3) is 95.3 Å². The Labute approximate surface area is 944 Å². The van der Waals surface area contributed by atoms with Crippen molar-refractivity contribution in [2.75, 3.05) is 188 Å². The molecule has 42 heteroatoms. The van der Waals surface area contributed by atoms with Gasteiger partial charge < -0.3 is 118 Å². The number of likely N-dealkylation sites (tertiary alicyclic amines) is 6. The Balaban J connectivity index is 0.000000212. The molecule has 6 saturated heterocycles. The Morgan fingerprint density at radius 1 is 0.378 bits per heavy atom. The number of nitrogens with zero attached hydrogens (tertiary/aromatic N) is 30. The lowest BCUT2D eigenvalue weighted by Crippen LogP contribution is -2.53. The minimum absolute atomic E-state index is 0.0509. The first kappa shape index (κ1) is 42.6. The molecule has 750 valence electrons. The van der Waals surface area contributed by atoms with E-state index in [0.29, 0.717) is 44.2 Å². The Morgan fingerprint density at radius 3 is 1.08 bits per heavy atom. The fraction of sp³-hybridized carbons (Fsp3) is 0.525. The van der Waals surface area contributed by atoms with Gasteiger partial charge in [-0.2, -0.15) is 0 Å². The summed E-state index contributed by atoms with van der Waals surface area (Å²) in [6, 6.07) is -19.2. The molecule has 0 radical (unpaired) electrons. The standard InChI is InChI=1S/5C17H22N6O.C16H20N6O/c5*1-11-5-6-23(15(24)8-18-3)9-14(11)22(4)17-13-7-12(2)21-16(13)19-10-20-17;1-11-5-7-22(14(23)8-17-2)9-13(11)21(3)16-12-4-6-18-15(12)19-10-20-16/h5*7,10-11,14H,5-6,8-9H2,1-2,4H3,(H,19,20,21);4,6,10-11,13H,5,7-9H2,1,3H3,(H,18,19,20)/t5*11-,14+;11-,13+/m111111/s1/i1D3,4D3,5D2,6D2,7D,8D2,9D2,11D,14D;4D3,5D2,6D2,7D,8D2,9D2,11D,14D;1D3,4D3,5D2,6D2,7D,8D2,9D2,14D;1D3,4D3,5D2,6D2,7D,8D2,9D2,11D;4D3,5D2,6D2,7D,8D2,9D2,14D;8D2,10D. The monoisotopic (exact) mass is 2020 g/mol. The summed E-state index contributed by atoms with van der Waals surface area (Å²) >= 11 is 0. The topological polar surface area (TPSA) is 417 Å². The highest BCUT2D eigenvalue weighted by atomic mass is 16.2. The van der Waals surface area contributed by atoms with Gasteiger partial charge in [-0.1, -0.05) is 41.3 Å². The third-order valence-corrected chi connectivity index (χ3v) is 20.1. The molecule has 0 saturated carbocycles. The smallest absolute Gasteiger partial charge is 0.302 e. The third kappa shape index (κ3) is 24.5. The second-order valence-electron chi connectivity index (χ2n) is 29.6. The number of H-pyrrole nitrogens is 6. The van der Waals surface area contributed by atoms with Gasteiger partial charge in [0, 0.05) is 219 Å². The number of nitrogens with one attached hydrogen (secondary N) is 6. The van der Waals surface area contributed by atoms with Crippen molar-refractivity contribution in [2.24, 2.45) is 35.4 Å². The lowest BCUT2D eigenvalue weighted by molar-refractivity contribution is -0.131. The first-order valence-electron chi connectivity index (χ1n) is 80.1. The van der Waals surface area contributed by atoms with Crippen molar-refractivity contribution in [1.29, 1.82) is 0 Å². The van der Waals surface area contributed by atoms with Crippen molar-refractivity contribution in [3.05, 3.63) is 177 Å². The van der Waals surface area contributed by atoms with Gasteiger partial charge in [0.05, 0.1) is 94.5 Å². The van der Waals surface area contributed by atoms with Crippen LogP contribution in [0.5, 0.6) is 0 Å². The molecule has 18 heterocycles. The number of rotatable bonds is 18. The summed E-state index contributed by atoms with van der Waals surface area (Å²) < 4.78 is 655. The van der Waals surface area contributed by atoms with Crippen LogP contribution in [0.2, 0.25) is 0 Å². The molecule has 0 bridgehead atoms. The average Bonchev–Trinajstić information content (AvgIpc) is 0.736. The van der Waals surface area contributed by atoms with Crippen molar-refractivity contribution in [3.63, 3.8) is 0 Å². The summed E-state index contributed by atoms with van der Waals surface area (Å²) in [5.74, 6) is -32.9. The number of aromatic nitrogens is 18. The van der Waals surface area contributed by atoms with Crippen LogP contribution >= 0.6 is 0 Å². The molecule has 6 fully saturated rings. The largest absolute Gasteiger partial charge is 0.354 e. The number of hydrogen-bond donors (Lipinski definition) is 6. The van der Waals surface area contributed by atoms with E-state index in [9.17, 15) is 34.3 Å². The number of anilines is 6. The molecule has 12 atom stereocenters. The van der Waals surface area contributed by atoms with Crippen molar-refractivity contribution >= 4 is 137 Å². The predicted octanol–water partition coefficient (Wildman–Crippen LogP) is 10.8. The summed E-state index contributed by atoms with van der Waals surface area (Å²) in [7, 11) is 1.85. The summed E-state index contributed by atoms with van der Waals surface area (Å²) in [6.07, 6.45) is -13.4. The molecular formula is C101H130N36O6. The van der Waals surface area contributed by atoms with E-state index in [1.807, 2.05) is 18.0 Å². The number of hydrogen-bond acceptors (Lipinski definition) is 24. The quantitative estimate of drug-likeness (QED) is 0.0435. The molecule has 6 aliphatic heterocycles. The lowest BCUT2D eigenvalue weighted by Gasteiger charge is -2.41. The number of carbonyl (C=O) groups excluding carboxylic acids is 6. The fourth-order valence-corrected chi connectivity index (χ4v) is 13.5. The molecular weight excluding hydrogens is 1810 g/mol. The normalized spacial score (nSPS) is 39.2. The highest BCUT2D eigenvalue weighted by Gasteiger charge is 2.41. The van der Waals surface area contributed by atoms with E-state index in [4.69, 9.17) is 142 Å². The molecule has 0 spiro atoms. The van der Waals surface area contributed by atoms with Crippen LogP contribution in [0.1, 0.15) is 216 Å². The van der Waals surface area contributed by atoms with Crippen molar-refractivity contribution < 1.29 is 137 Å². The van der Waals surface area contributed by atoms with Gasteiger partial charge in [0.25, 0.3) is 39.0 Å². The second-order valence-corrected chi connectivity index (χ2v) is 29.6. The van der Waals surface area contributed by atoms with E-state index in [0.717, 1.165) is 37.6 Å². The molecule has 18 rings (SSSR count). The zero-order valence-electron chi connectivity index (χ0n) is 154. The fourth-order valence-electron chi connectivity index (χ4n) is 13.5. The molecule has 6 N–H and O–H groups in total. The maximum absolute atomic E-state index is 13.2. The number of piperidine rings is 6. The van der Waals surface area contributed by atoms with E-state index in [1.54, 1.807) is 6.20 Å². The maximum atomic E-state index is 13.2. The minimum Gasteiger partial charge on any atom is -0.354 e. The molecule has 143 heavy (non-hydrogen) atoms. The van der Waals surface area contributed by atoms with E-state index in [1.165, 1.54) is 39.5 Å². The van der Waals surface area contributed by atoms with Gasteiger partial charge >= 0.3 is 35.4 Å². The highest BCUT2D eigenvalue weighted by molar-refractivity contribution is 5.93. The Bertz CT molecular complexity index is 10800. The number of carbonyl (C=O) groups is 6. The molecule has 0 aromatic carbocycles. The number of aromatic amines is 6. The van der Waals surface area contributed by atoms with Crippen LogP contribution in [-0.4, -0.2) is 350 Å². The molecule has 0 aliphatic carbocycles. The molecule has 6 aliphatic rings. The molecule has 12 aromatic heterocycles. The van der Waals surface area contributed by atoms with Gasteiger partial charge in [-0.25, -0.2) is 99.2 Å². The molecule has 12 aromatic rings. The van der Waals surface area contributed by atoms with E-state index >= 15 is 0 Å². The van der Waals surface area contributed by atoms with Crippen LogP contribution < -0.4 is 29.4 Å².